The predicted molar refractivity (Wildman–Crippen MR) is 270 cm³/mol. The van der Waals surface area contributed by atoms with Crippen LogP contribution in [-0.4, -0.2) is 100 Å². The lowest BCUT2D eigenvalue weighted by atomic mass is 9.80. The Morgan fingerprint density at radius 1 is 0.373 bits per heavy atom. The molecular weight excluding hydrogens is 869 g/mol. The summed E-state index contributed by atoms with van der Waals surface area (Å²) in [6, 6.07) is 61.0. The molecule has 0 bridgehead atoms. The molecule has 0 saturated carbocycles. The van der Waals surface area contributed by atoms with Crippen LogP contribution >= 0.6 is 0 Å². The van der Waals surface area contributed by atoms with E-state index in [1.807, 2.05) is 12.1 Å². The van der Waals surface area contributed by atoms with Gasteiger partial charge in [0.25, 0.3) is 0 Å². The molecule has 4 heterocycles. The molecular formula is C57H66N4O4S2. The zero-order valence-corrected chi connectivity index (χ0v) is 40.3. The van der Waals surface area contributed by atoms with E-state index in [2.05, 4.69) is 131 Å². The minimum atomic E-state index is -3.49. The average Bonchev–Trinajstić information content (AvgIpc) is 3.40. The maximum atomic E-state index is 13.4. The monoisotopic (exact) mass is 934 g/mol. The van der Waals surface area contributed by atoms with Gasteiger partial charge in [-0.05, 0) is 135 Å². The van der Waals surface area contributed by atoms with Crippen molar-refractivity contribution in [1.82, 2.24) is 18.4 Å². The molecule has 10 rings (SSSR count). The first-order valence-electron chi connectivity index (χ1n) is 24.5. The largest absolute Gasteiger partial charge is 0.303 e. The third-order valence-electron chi connectivity index (χ3n) is 15.1. The van der Waals surface area contributed by atoms with Crippen molar-refractivity contribution in [2.24, 2.45) is 5.92 Å². The van der Waals surface area contributed by atoms with Gasteiger partial charge in [0.1, 0.15) is 0 Å². The molecule has 350 valence electrons. The maximum Gasteiger partial charge on any atom is 0.243 e. The van der Waals surface area contributed by atoms with Gasteiger partial charge in [-0.25, -0.2) is 16.8 Å². The standard InChI is InChI=1S/C29H34N2O2S.C28H32N2O2S/c32-34(33,28-14-8-3-9-15-28)31-21-18-29(26-12-6-2-7-13-26)27(23-31)22-30-19-16-25(17-20-30)24-10-4-1-5-11-24;31-33(32,26-14-8-3-9-15-26)30-21-18-27(25-12-6-2-7-13-25)28(22-30)29-19-16-24(17-20-29)23-10-4-1-5-11-23/h1-15,25,27,29H,16-23H2;1-15,24,27-28H,16-22H2. The Kier molecular flexibility index (Phi) is 15.5. The van der Waals surface area contributed by atoms with Crippen molar-refractivity contribution in [2.75, 3.05) is 58.9 Å². The van der Waals surface area contributed by atoms with Crippen molar-refractivity contribution in [2.45, 2.75) is 78.0 Å². The molecule has 4 aliphatic heterocycles. The van der Waals surface area contributed by atoms with Gasteiger partial charge in [0, 0.05) is 44.7 Å². The first-order valence-corrected chi connectivity index (χ1v) is 27.4. The van der Waals surface area contributed by atoms with E-state index in [1.165, 1.54) is 35.1 Å². The molecule has 4 saturated heterocycles. The van der Waals surface area contributed by atoms with E-state index >= 15 is 0 Å². The summed E-state index contributed by atoms with van der Waals surface area (Å²) in [6.07, 6.45) is 6.28. The van der Waals surface area contributed by atoms with Crippen LogP contribution in [0.15, 0.2) is 192 Å². The fourth-order valence-electron chi connectivity index (χ4n) is 11.4. The molecule has 4 fully saturated rings. The van der Waals surface area contributed by atoms with E-state index in [0.29, 0.717) is 59.6 Å². The Morgan fingerprint density at radius 3 is 1.18 bits per heavy atom. The second kappa shape index (κ2) is 22.0. The van der Waals surface area contributed by atoms with Gasteiger partial charge in [-0.2, -0.15) is 8.61 Å². The molecule has 0 aliphatic carbocycles. The lowest BCUT2D eigenvalue weighted by Gasteiger charge is -2.46. The van der Waals surface area contributed by atoms with E-state index in [9.17, 15) is 16.8 Å². The van der Waals surface area contributed by atoms with Crippen LogP contribution in [0.25, 0.3) is 0 Å². The van der Waals surface area contributed by atoms with Crippen LogP contribution in [0.2, 0.25) is 0 Å². The van der Waals surface area contributed by atoms with Crippen molar-refractivity contribution < 1.29 is 16.8 Å². The van der Waals surface area contributed by atoms with Gasteiger partial charge >= 0.3 is 0 Å². The Bertz CT molecular complexity index is 2650. The summed E-state index contributed by atoms with van der Waals surface area (Å²) in [5.41, 5.74) is 5.53. The topological polar surface area (TPSA) is 81.2 Å². The number of sulfonamides is 2. The third kappa shape index (κ3) is 11.3. The molecule has 8 nitrogen and oxygen atoms in total. The third-order valence-corrected chi connectivity index (χ3v) is 18.8. The van der Waals surface area contributed by atoms with E-state index in [1.54, 1.807) is 57.1 Å². The quantitative estimate of drug-likeness (QED) is 0.129. The summed E-state index contributed by atoms with van der Waals surface area (Å²) >= 11 is 0. The number of hydrogen-bond acceptors (Lipinski definition) is 6. The summed E-state index contributed by atoms with van der Waals surface area (Å²) in [5, 5.41) is 0. The Labute approximate surface area is 400 Å². The molecule has 0 spiro atoms. The van der Waals surface area contributed by atoms with E-state index in [4.69, 9.17) is 0 Å². The Morgan fingerprint density at radius 2 is 0.731 bits per heavy atom. The molecule has 0 N–H and O–H groups in total. The fourth-order valence-corrected chi connectivity index (χ4v) is 14.4. The maximum absolute atomic E-state index is 13.4. The molecule has 0 radical (unpaired) electrons. The number of rotatable bonds is 11. The Balaban J connectivity index is 0.000000168. The van der Waals surface area contributed by atoms with Crippen LogP contribution < -0.4 is 0 Å². The zero-order valence-electron chi connectivity index (χ0n) is 38.6. The van der Waals surface area contributed by atoms with Crippen molar-refractivity contribution in [1.29, 1.82) is 0 Å². The predicted octanol–water partition coefficient (Wildman–Crippen LogP) is 10.5. The van der Waals surface area contributed by atoms with Crippen molar-refractivity contribution in [3.05, 3.63) is 204 Å². The Hall–Kier alpha value is -4.94. The van der Waals surface area contributed by atoms with Crippen LogP contribution in [0.1, 0.15) is 84.5 Å². The zero-order chi connectivity index (χ0) is 46.1. The SMILES string of the molecule is O=S(=O)(c1ccccc1)N1CCC(c2ccccc2)C(CN2CCC(c3ccccc3)CC2)C1.O=S(=O)(c1ccccc1)N1CCC(c2ccccc2)C(N2CCC(c3ccccc3)CC2)C1. The summed E-state index contributed by atoms with van der Waals surface area (Å²) in [4.78, 5) is 5.92. The van der Waals surface area contributed by atoms with Crippen LogP contribution in [0.5, 0.6) is 0 Å². The van der Waals surface area contributed by atoms with Crippen molar-refractivity contribution >= 4 is 20.0 Å². The lowest BCUT2D eigenvalue weighted by Crippen LogP contribution is -2.54. The van der Waals surface area contributed by atoms with Crippen LogP contribution in [0, 0.1) is 5.92 Å². The smallest absolute Gasteiger partial charge is 0.243 e. The molecule has 67 heavy (non-hydrogen) atoms. The summed E-state index contributed by atoms with van der Waals surface area (Å²) in [7, 11) is -6.96. The van der Waals surface area contributed by atoms with E-state index in [0.717, 1.165) is 58.4 Å². The molecule has 6 aromatic rings. The summed E-state index contributed by atoms with van der Waals surface area (Å²) < 4.78 is 57.0. The van der Waals surface area contributed by atoms with Crippen LogP contribution in [-0.2, 0) is 20.0 Å². The first kappa shape index (κ1) is 47.1. The van der Waals surface area contributed by atoms with Gasteiger partial charge in [-0.1, -0.05) is 158 Å². The molecule has 6 aromatic carbocycles. The van der Waals surface area contributed by atoms with Gasteiger partial charge in [0.2, 0.25) is 20.0 Å². The van der Waals surface area contributed by atoms with Gasteiger partial charge in [-0.15, -0.1) is 0 Å². The minimum absolute atomic E-state index is 0.191. The fraction of sp³-hybridized carbons (Fsp3) is 0.368. The number of benzene rings is 6. The average molecular weight is 935 g/mol. The second-order valence-electron chi connectivity index (χ2n) is 19.0. The highest BCUT2D eigenvalue weighted by molar-refractivity contribution is 7.89. The van der Waals surface area contributed by atoms with Crippen molar-refractivity contribution in [3.8, 4) is 0 Å². The number of hydrogen-bond donors (Lipinski definition) is 0. The van der Waals surface area contributed by atoms with Gasteiger partial charge in [0.05, 0.1) is 9.79 Å². The number of piperidine rings is 4. The highest BCUT2D eigenvalue weighted by Crippen LogP contribution is 2.39. The lowest BCUT2D eigenvalue weighted by molar-refractivity contribution is 0.0902. The highest BCUT2D eigenvalue weighted by Gasteiger charge is 2.41. The summed E-state index contributed by atoms with van der Waals surface area (Å²) in [5.74, 6) is 2.23. The van der Waals surface area contributed by atoms with Crippen LogP contribution in [0.3, 0.4) is 0 Å². The van der Waals surface area contributed by atoms with E-state index in [-0.39, 0.29) is 12.0 Å². The minimum Gasteiger partial charge on any atom is -0.303 e. The van der Waals surface area contributed by atoms with Crippen LogP contribution in [0.4, 0.5) is 0 Å². The molecule has 10 heteroatoms. The first-order chi connectivity index (χ1) is 32.7. The van der Waals surface area contributed by atoms with E-state index < -0.39 is 20.0 Å². The normalized spacial score (nSPS) is 23.2. The number of likely N-dealkylation sites (tertiary alicyclic amines) is 2. The van der Waals surface area contributed by atoms with Gasteiger partial charge in [0.15, 0.2) is 0 Å². The van der Waals surface area contributed by atoms with Gasteiger partial charge in [-0.3, -0.25) is 4.90 Å². The second-order valence-corrected chi connectivity index (χ2v) is 22.9. The molecule has 0 amide bonds. The highest BCUT2D eigenvalue weighted by atomic mass is 32.2. The molecule has 4 unspecified atom stereocenters. The summed E-state index contributed by atoms with van der Waals surface area (Å²) in [6.45, 7) is 7.37. The van der Waals surface area contributed by atoms with Gasteiger partial charge < -0.3 is 4.90 Å². The van der Waals surface area contributed by atoms with Crippen molar-refractivity contribution in [3.63, 3.8) is 0 Å². The number of nitrogens with zero attached hydrogens (tertiary/aromatic N) is 4. The molecule has 4 aliphatic rings. The molecule has 4 atom stereocenters. The molecule has 0 aromatic heterocycles.